The second-order valence-electron chi connectivity index (χ2n) is 2.70. The van der Waals surface area contributed by atoms with E-state index in [0.29, 0.717) is 5.92 Å². The molecule has 0 fully saturated rings. The molecule has 0 amide bonds. The minimum absolute atomic E-state index is 0.579. The number of rotatable bonds is 4. The molecule has 1 atom stereocenters. The Morgan fingerprint density at radius 1 is 1.60 bits per heavy atom. The molecule has 0 aromatic rings. The Hall–Kier alpha value is -0.780. The van der Waals surface area contributed by atoms with Crippen LogP contribution in [-0.4, -0.2) is 0 Å². The Morgan fingerprint density at radius 3 is 2.60 bits per heavy atom. The van der Waals surface area contributed by atoms with E-state index in [4.69, 9.17) is 0 Å². The molecule has 0 radical (unpaired) electrons. The van der Waals surface area contributed by atoms with Crippen LogP contribution < -0.4 is 0 Å². The monoisotopic (exact) mass is 136 g/mol. The topological polar surface area (TPSA) is 0 Å². The van der Waals surface area contributed by atoms with Crippen LogP contribution in [-0.2, 0) is 0 Å². The van der Waals surface area contributed by atoms with E-state index in [1.807, 2.05) is 19.1 Å². The maximum absolute atomic E-state index is 3.77. The zero-order valence-corrected chi connectivity index (χ0v) is 6.93. The second-order valence-corrected chi connectivity index (χ2v) is 2.70. The van der Waals surface area contributed by atoms with E-state index in [1.54, 1.807) is 0 Å². The van der Waals surface area contributed by atoms with E-state index >= 15 is 0 Å². The van der Waals surface area contributed by atoms with Crippen molar-refractivity contribution < 1.29 is 0 Å². The maximum Gasteiger partial charge on any atom is -0.0230 e. The summed E-state index contributed by atoms with van der Waals surface area (Å²) in [6, 6.07) is 0. The first-order valence-corrected chi connectivity index (χ1v) is 3.61. The predicted molar refractivity (Wildman–Crippen MR) is 47.9 cm³/mol. The molecule has 0 nitrogen and oxygen atoms in total. The maximum atomic E-state index is 3.77. The van der Waals surface area contributed by atoms with Gasteiger partial charge in [-0.3, -0.25) is 0 Å². The Balaban J connectivity index is 3.52. The third-order valence-corrected chi connectivity index (χ3v) is 1.31. The first kappa shape index (κ1) is 9.22. The summed E-state index contributed by atoms with van der Waals surface area (Å²) < 4.78 is 0. The third kappa shape index (κ3) is 5.36. The SMILES string of the molecule is C=CC(C)CC=CC(=C)C. The minimum Gasteiger partial charge on any atom is -0.103 e. The molecule has 0 saturated carbocycles. The normalized spacial score (nSPS) is 13.4. The van der Waals surface area contributed by atoms with E-state index in [2.05, 4.69) is 26.2 Å². The van der Waals surface area contributed by atoms with Crippen molar-refractivity contribution in [1.29, 1.82) is 0 Å². The quantitative estimate of drug-likeness (QED) is 0.411. The van der Waals surface area contributed by atoms with Crippen molar-refractivity contribution >= 4 is 0 Å². The molecule has 0 heteroatoms. The second kappa shape index (κ2) is 5.04. The molecule has 0 aromatic carbocycles. The fourth-order valence-corrected chi connectivity index (χ4v) is 0.580. The summed E-state index contributed by atoms with van der Waals surface area (Å²) in [4.78, 5) is 0. The lowest BCUT2D eigenvalue weighted by atomic mass is 10.1. The van der Waals surface area contributed by atoms with Crippen molar-refractivity contribution in [3.63, 3.8) is 0 Å². The first-order valence-electron chi connectivity index (χ1n) is 3.61. The molecule has 0 saturated heterocycles. The fourth-order valence-electron chi connectivity index (χ4n) is 0.580. The van der Waals surface area contributed by atoms with Crippen LogP contribution in [0.15, 0.2) is 37.0 Å². The molecular formula is C10H16. The Kier molecular flexibility index (Phi) is 4.65. The van der Waals surface area contributed by atoms with E-state index in [-0.39, 0.29) is 0 Å². The van der Waals surface area contributed by atoms with Gasteiger partial charge >= 0.3 is 0 Å². The van der Waals surface area contributed by atoms with Crippen LogP contribution in [0, 0.1) is 5.92 Å². The summed E-state index contributed by atoms with van der Waals surface area (Å²) >= 11 is 0. The van der Waals surface area contributed by atoms with E-state index in [9.17, 15) is 0 Å². The van der Waals surface area contributed by atoms with Crippen LogP contribution in [0.2, 0.25) is 0 Å². The van der Waals surface area contributed by atoms with Gasteiger partial charge in [0.15, 0.2) is 0 Å². The summed E-state index contributed by atoms with van der Waals surface area (Å²) in [5.41, 5.74) is 1.11. The average Bonchev–Trinajstić information content (AvgIpc) is 1.87. The molecule has 0 bridgehead atoms. The zero-order valence-electron chi connectivity index (χ0n) is 6.93. The van der Waals surface area contributed by atoms with Gasteiger partial charge in [0.25, 0.3) is 0 Å². The highest BCUT2D eigenvalue weighted by Crippen LogP contribution is 2.03. The summed E-state index contributed by atoms with van der Waals surface area (Å²) in [5.74, 6) is 0.579. The smallest absolute Gasteiger partial charge is 0.0230 e. The van der Waals surface area contributed by atoms with Gasteiger partial charge in [0.2, 0.25) is 0 Å². The number of hydrogen-bond acceptors (Lipinski definition) is 0. The van der Waals surface area contributed by atoms with Crippen LogP contribution in [0.3, 0.4) is 0 Å². The van der Waals surface area contributed by atoms with Crippen molar-refractivity contribution in [2.45, 2.75) is 20.3 Å². The number of allylic oxidation sites excluding steroid dienone is 4. The molecule has 0 rings (SSSR count). The minimum atomic E-state index is 0.579. The van der Waals surface area contributed by atoms with Gasteiger partial charge in [0.05, 0.1) is 0 Å². The van der Waals surface area contributed by atoms with Gasteiger partial charge in [0, 0.05) is 0 Å². The van der Waals surface area contributed by atoms with Gasteiger partial charge in [-0.15, -0.1) is 6.58 Å². The molecule has 1 unspecified atom stereocenters. The summed E-state index contributed by atoms with van der Waals surface area (Å²) in [6.07, 6.45) is 7.20. The molecular weight excluding hydrogens is 120 g/mol. The van der Waals surface area contributed by atoms with Crippen LogP contribution in [0.5, 0.6) is 0 Å². The van der Waals surface area contributed by atoms with Crippen molar-refractivity contribution in [3.05, 3.63) is 37.0 Å². The van der Waals surface area contributed by atoms with Gasteiger partial charge in [0.1, 0.15) is 0 Å². The molecule has 0 heterocycles. The van der Waals surface area contributed by atoms with Crippen LogP contribution in [0.1, 0.15) is 20.3 Å². The largest absolute Gasteiger partial charge is 0.103 e. The highest BCUT2D eigenvalue weighted by molar-refractivity contribution is 5.11. The molecule has 0 spiro atoms. The summed E-state index contributed by atoms with van der Waals surface area (Å²) in [5, 5.41) is 0. The average molecular weight is 136 g/mol. The molecule has 56 valence electrons. The lowest BCUT2D eigenvalue weighted by molar-refractivity contribution is 0.746. The standard InChI is InChI=1S/C10H16/c1-5-10(4)8-6-7-9(2)3/h5-7,10H,1-2,8H2,3-4H3. The summed E-state index contributed by atoms with van der Waals surface area (Å²) in [7, 11) is 0. The lowest BCUT2D eigenvalue weighted by Crippen LogP contribution is -1.83. The number of hydrogen-bond donors (Lipinski definition) is 0. The van der Waals surface area contributed by atoms with Crippen LogP contribution in [0.4, 0.5) is 0 Å². The van der Waals surface area contributed by atoms with Gasteiger partial charge in [-0.2, -0.15) is 0 Å². The first-order chi connectivity index (χ1) is 4.66. The third-order valence-electron chi connectivity index (χ3n) is 1.31. The molecule has 0 N–H and O–H groups in total. The van der Waals surface area contributed by atoms with Gasteiger partial charge < -0.3 is 0 Å². The van der Waals surface area contributed by atoms with Crippen molar-refractivity contribution in [3.8, 4) is 0 Å². The van der Waals surface area contributed by atoms with Crippen molar-refractivity contribution in [2.75, 3.05) is 0 Å². The van der Waals surface area contributed by atoms with Crippen LogP contribution in [0.25, 0.3) is 0 Å². The Bertz CT molecular complexity index is 140. The van der Waals surface area contributed by atoms with Crippen molar-refractivity contribution in [2.24, 2.45) is 5.92 Å². The van der Waals surface area contributed by atoms with E-state index in [0.717, 1.165) is 12.0 Å². The lowest BCUT2D eigenvalue weighted by Gasteiger charge is -1.97. The highest BCUT2D eigenvalue weighted by atomic mass is 13.9. The Morgan fingerprint density at radius 2 is 2.20 bits per heavy atom. The molecule has 0 aliphatic heterocycles. The fraction of sp³-hybridized carbons (Fsp3) is 0.400. The van der Waals surface area contributed by atoms with Gasteiger partial charge in [-0.05, 0) is 19.3 Å². The van der Waals surface area contributed by atoms with Gasteiger partial charge in [-0.25, -0.2) is 0 Å². The van der Waals surface area contributed by atoms with E-state index < -0.39 is 0 Å². The van der Waals surface area contributed by atoms with Crippen molar-refractivity contribution in [1.82, 2.24) is 0 Å². The molecule has 0 aromatic heterocycles. The molecule has 0 aliphatic carbocycles. The molecule has 10 heavy (non-hydrogen) atoms. The molecule has 0 aliphatic rings. The van der Waals surface area contributed by atoms with Crippen LogP contribution >= 0.6 is 0 Å². The summed E-state index contributed by atoms with van der Waals surface area (Å²) in [6.45, 7) is 11.6. The zero-order chi connectivity index (χ0) is 7.98. The van der Waals surface area contributed by atoms with Gasteiger partial charge in [-0.1, -0.05) is 37.3 Å². The Labute approximate surface area is 64.0 Å². The van der Waals surface area contributed by atoms with E-state index in [1.165, 1.54) is 0 Å². The highest BCUT2D eigenvalue weighted by Gasteiger charge is 1.88. The predicted octanol–water partition coefficient (Wildman–Crippen LogP) is 3.33.